The molecule has 3 heterocycles. The number of nitrogens with zero attached hydrogens (tertiary/aromatic N) is 5. The van der Waals surface area contributed by atoms with Gasteiger partial charge in [0.05, 0.1) is 12.8 Å². The number of anilines is 1. The molecule has 30 heavy (non-hydrogen) atoms. The van der Waals surface area contributed by atoms with Gasteiger partial charge in [0.15, 0.2) is 5.82 Å². The van der Waals surface area contributed by atoms with Crippen LogP contribution in [0, 0.1) is 0 Å². The molecule has 1 amide bonds. The quantitative estimate of drug-likeness (QED) is 0.612. The third-order valence-electron chi connectivity index (χ3n) is 5.06. The number of hydrogen-bond donors (Lipinski definition) is 0. The number of pyridine rings is 1. The van der Waals surface area contributed by atoms with Crippen LogP contribution in [-0.4, -0.2) is 59.3 Å². The molecular formula is C23H23N5O2. The van der Waals surface area contributed by atoms with Crippen LogP contribution in [0.3, 0.4) is 0 Å². The van der Waals surface area contributed by atoms with Gasteiger partial charge in [0.25, 0.3) is 0 Å². The molecule has 0 saturated carbocycles. The lowest BCUT2D eigenvalue weighted by Crippen LogP contribution is -2.48. The van der Waals surface area contributed by atoms with Gasteiger partial charge in [-0.1, -0.05) is 12.1 Å². The molecule has 152 valence electrons. The van der Waals surface area contributed by atoms with E-state index >= 15 is 0 Å². The first kappa shape index (κ1) is 19.6. The van der Waals surface area contributed by atoms with E-state index in [1.807, 2.05) is 59.5 Å². The summed E-state index contributed by atoms with van der Waals surface area (Å²) in [6.45, 7) is 2.75. The largest absolute Gasteiger partial charge is 0.497 e. The molecule has 2 aromatic heterocycles. The van der Waals surface area contributed by atoms with Crippen LogP contribution < -0.4 is 9.64 Å². The molecule has 3 aromatic rings. The lowest BCUT2D eigenvalue weighted by atomic mass is 10.2. The van der Waals surface area contributed by atoms with Crippen LogP contribution in [0.1, 0.15) is 5.56 Å². The molecule has 1 saturated heterocycles. The molecule has 0 aliphatic carbocycles. The second kappa shape index (κ2) is 9.17. The Hall–Kier alpha value is -3.74. The smallest absolute Gasteiger partial charge is 0.246 e. The van der Waals surface area contributed by atoms with E-state index in [9.17, 15) is 4.79 Å². The second-order valence-corrected chi connectivity index (χ2v) is 6.94. The second-order valence-electron chi connectivity index (χ2n) is 6.94. The van der Waals surface area contributed by atoms with Crippen molar-refractivity contribution in [2.45, 2.75) is 0 Å². The number of benzene rings is 1. The summed E-state index contributed by atoms with van der Waals surface area (Å²) in [5.41, 5.74) is 2.70. The molecule has 1 aromatic carbocycles. The first-order valence-electron chi connectivity index (χ1n) is 9.83. The van der Waals surface area contributed by atoms with Gasteiger partial charge in [0.2, 0.25) is 5.91 Å². The highest BCUT2D eigenvalue weighted by Gasteiger charge is 2.20. The van der Waals surface area contributed by atoms with Crippen LogP contribution in [0.25, 0.3) is 17.3 Å². The maximum atomic E-state index is 12.5. The Bertz CT molecular complexity index is 996. The van der Waals surface area contributed by atoms with E-state index < -0.39 is 0 Å². The Morgan fingerprint density at radius 3 is 2.43 bits per heavy atom. The number of ether oxygens (including phenoxy) is 1. The minimum absolute atomic E-state index is 0.0171. The summed E-state index contributed by atoms with van der Waals surface area (Å²) in [7, 11) is 1.63. The normalized spacial score (nSPS) is 14.2. The number of carbonyl (C=O) groups excluding carboxylic acids is 1. The predicted molar refractivity (Wildman–Crippen MR) is 116 cm³/mol. The van der Waals surface area contributed by atoms with Gasteiger partial charge in [-0.3, -0.25) is 9.78 Å². The topological polar surface area (TPSA) is 71.5 Å². The molecule has 7 heteroatoms. The van der Waals surface area contributed by atoms with Crippen molar-refractivity contribution in [3.63, 3.8) is 0 Å². The van der Waals surface area contributed by atoms with Gasteiger partial charge in [-0.15, -0.1) is 10.2 Å². The lowest BCUT2D eigenvalue weighted by molar-refractivity contribution is -0.126. The number of amides is 1. The van der Waals surface area contributed by atoms with E-state index in [0.29, 0.717) is 13.1 Å². The fraction of sp³-hybridized carbons (Fsp3) is 0.217. The standard InChI is InChI=1S/C23H23N5O2/c1-30-20-7-4-18(5-8-20)6-11-23(29)28-15-13-27(14-16-28)22-10-9-21(25-26-22)19-3-2-12-24-17-19/h2-12,17H,13-16H2,1H3/b11-6+. The maximum Gasteiger partial charge on any atom is 0.246 e. The Kier molecular flexibility index (Phi) is 5.98. The zero-order valence-corrected chi connectivity index (χ0v) is 16.8. The summed E-state index contributed by atoms with van der Waals surface area (Å²) in [5, 5.41) is 8.68. The van der Waals surface area contributed by atoms with Crippen LogP contribution in [-0.2, 0) is 4.79 Å². The summed E-state index contributed by atoms with van der Waals surface area (Å²) >= 11 is 0. The van der Waals surface area contributed by atoms with Crippen molar-refractivity contribution in [3.8, 4) is 17.0 Å². The van der Waals surface area contributed by atoms with Gasteiger partial charge >= 0.3 is 0 Å². The number of rotatable bonds is 5. The Balaban J connectivity index is 1.32. The van der Waals surface area contributed by atoms with E-state index in [4.69, 9.17) is 4.74 Å². The third-order valence-corrected chi connectivity index (χ3v) is 5.06. The Labute approximate surface area is 175 Å². The molecule has 1 fully saturated rings. The summed E-state index contributed by atoms with van der Waals surface area (Å²) in [6.07, 6.45) is 6.96. The van der Waals surface area contributed by atoms with Gasteiger partial charge in [0, 0.05) is 50.2 Å². The van der Waals surface area contributed by atoms with Crippen molar-refractivity contribution in [3.05, 3.63) is 72.6 Å². The fourth-order valence-electron chi connectivity index (χ4n) is 3.31. The molecule has 7 nitrogen and oxygen atoms in total. The lowest BCUT2D eigenvalue weighted by Gasteiger charge is -2.34. The van der Waals surface area contributed by atoms with E-state index in [0.717, 1.165) is 41.5 Å². The third kappa shape index (κ3) is 4.63. The highest BCUT2D eigenvalue weighted by atomic mass is 16.5. The van der Waals surface area contributed by atoms with Gasteiger partial charge in [-0.2, -0.15) is 0 Å². The van der Waals surface area contributed by atoms with Crippen molar-refractivity contribution >= 4 is 17.8 Å². The number of methoxy groups -OCH3 is 1. The van der Waals surface area contributed by atoms with Crippen molar-refractivity contribution in [1.82, 2.24) is 20.1 Å². The minimum Gasteiger partial charge on any atom is -0.497 e. The molecule has 0 N–H and O–H groups in total. The highest BCUT2D eigenvalue weighted by molar-refractivity contribution is 5.92. The molecule has 0 radical (unpaired) electrons. The molecule has 0 spiro atoms. The Morgan fingerprint density at radius 2 is 1.80 bits per heavy atom. The summed E-state index contributed by atoms with van der Waals surface area (Å²) in [6, 6.07) is 15.4. The monoisotopic (exact) mass is 401 g/mol. The summed E-state index contributed by atoms with van der Waals surface area (Å²) in [5.74, 6) is 1.64. The molecule has 0 unspecified atom stereocenters. The maximum absolute atomic E-state index is 12.5. The first-order chi connectivity index (χ1) is 14.7. The van der Waals surface area contributed by atoms with Crippen molar-refractivity contribution in [2.75, 3.05) is 38.2 Å². The van der Waals surface area contributed by atoms with Crippen LogP contribution in [0.2, 0.25) is 0 Å². The van der Waals surface area contributed by atoms with E-state index in [2.05, 4.69) is 20.1 Å². The number of piperazine rings is 1. The summed E-state index contributed by atoms with van der Waals surface area (Å²) in [4.78, 5) is 20.6. The minimum atomic E-state index is 0.0171. The average Bonchev–Trinajstić information content (AvgIpc) is 2.83. The van der Waals surface area contributed by atoms with Gasteiger partial charge in [-0.05, 0) is 48.0 Å². The van der Waals surface area contributed by atoms with Crippen molar-refractivity contribution < 1.29 is 9.53 Å². The van der Waals surface area contributed by atoms with Crippen molar-refractivity contribution in [1.29, 1.82) is 0 Å². The molecule has 0 atom stereocenters. The molecule has 0 bridgehead atoms. The van der Waals surface area contributed by atoms with Gasteiger partial charge < -0.3 is 14.5 Å². The zero-order valence-electron chi connectivity index (χ0n) is 16.8. The SMILES string of the molecule is COc1ccc(/C=C/C(=O)N2CCN(c3ccc(-c4cccnc4)nn3)CC2)cc1. The zero-order chi connectivity index (χ0) is 20.8. The average molecular weight is 401 g/mol. The number of aromatic nitrogens is 3. The molecule has 1 aliphatic heterocycles. The van der Waals surface area contributed by atoms with E-state index in [1.54, 1.807) is 25.6 Å². The number of hydrogen-bond acceptors (Lipinski definition) is 6. The molecule has 1 aliphatic rings. The van der Waals surface area contributed by atoms with Crippen LogP contribution in [0.15, 0.2) is 67.0 Å². The Morgan fingerprint density at radius 1 is 1.00 bits per heavy atom. The van der Waals surface area contributed by atoms with E-state index in [-0.39, 0.29) is 5.91 Å². The van der Waals surface area contributed by atoms with Gasteiger partial charge in [-0.25, -0.2) is 0 Å². The van der Waals surface area contributed by atoms with Gasteiger partial charge in [0.1, 0.15) is 5.75 Å². The fourth-order valence-corrected chi connectivity index (χ4v) is 3.31. The number of carbonyl (C=O) groups is 1. The van der Waals surface area contributed by atoms with E-state index in [1.165, 1.54) is 0 Å². The summed E-state index contributed by atoms with van der Waals surface area (Å²) < 4.78 is 5.15. The first-order valence-corrected chi connectivity index (χ1v) is 9.83. The molecular weight excluding hydrogens is 378 g/mol. The molecule has 4 rings (SSSR count). The van der Waals surface area contributed by atoms with Crippen LogP contribution >= 0.6 is 0 Å². The highest BCUT2D eigenvalue weighted by Crippen LogP contribution is 2.19. The van der Waals surface area contributed by atoms with Crippen LogP contribution in [0.5, 0.6) is 5.75 Å². The predicted octanol–water partition coefficient (Wildman–Crippen LogP) is 2.91. The van der Waals surface area contributed by atoms with Crippen LogP contribution in [0.4, 0.5) is 5.82 Å². The van der Waals surface area contributed by atoms with Crippen molar-refractivity contribution in [2.24, 2.45) is 0 Å².